The Bertz CT molecular complexity index is 1060. The van der Waals surface area contributed by atoms with E-state index < -0.39 is 10.0 Å². The van der Waals surface area contributed by atoms with Crippen molar-refractivity contribution >= 4 is 22.4 Å². The summed E-state index contributed by atoms with van der Waals surface area (Å²) in [6.07, 6.45) is 1.64. The van der Waals surface area contributed by atoms with E-state index in [0.717, 1.165) is 16.7 Å². The quantitative estimate of drug-likeness (QED) is 0.707. The van der Waals surface area contributed by atoms with Crippen LogP contribution in [0, 0.1) is 18.3 Å². The zero-order chi connectivity index (χ0) is 18.7. The highest BCUT2D eigenvalue weighted by molar-refractivity contribution is 7.90. The summed E-state index contributed by atoms with van der Waals surface area (Å²) >= 11 is 0. The molecule has 1 aromatic heterocycles. The molecule has 0 bridgehead atoms. The van der Waals surface area contributed by atoms with Gasteiger partial charge in [0.2, 0.25) is 0 Å². The summed E-state index contributed by atoms with van der Waals surface area (Å²) in [6.45, 7) is 2.47. The molecule has 0 aliphatic heterocycles. The number of aromatic nitrogens is 1. The first kappa shape index (κ1) is 20.7. The van der Waals surface area contributed by atoms with Gasteiger partial charge in [-0.25, -0.2) is 12.4 Å². The van der Waals surface area contributed by atoms with Gasteiger partial charge in [0.25, 0.3) is 10.0 Å². The minimum Gasteiger partial charge on any atom is -0.316 e. The number of hydrogen-bond donors (Lipinski definition) is 1. The average Bonchev–Trinajstić information content (AvgIpc) is 3.07. The molecule has 0 atom stereocenters. The highest BCUT2D eigenvalue weighted by Gasteiger charge is 2.21. The van der Waals surface area contributed by atoms with Crippen LogP contribution < -0.4 is 5.32 Å². The van der Waals surface area contributed by atoms with Crippen molar-refractivity contribution in [3.63, 3.8) is 0 Å². The van der Waals surface area contributed by atoms with Crippen molar-refractivity contribution in [2.45, 2.75) is 18.4 Å². The minimum atomic E-state index is -3.72. The van der Waals surface area contributed by atoms with Gasteiger partial charge in [-0.15, -0.1) is 12.4 Å². The summed E-state index contributed by atoms with van der Waals surface area (Å²) < 4.78 is 27.7. The summed E-state index contributed by atoms with van der Waals surface area (Å²) in [7, 11) is -1.91. The van der Waals surface area contributed by atoms with Gasteiger partial charge in [-0.1, -0.05) is 29.8 Å². The Balaban J connectivity index is 0.00000261. The number of benzene rings is 2. The zero-order valence-corrected chi connectivity index (χ0v) is 16.6. The lowest BCUT2D eigenvalue weighted by Crippen LogP contribution is -2.13. The SMILES string of the molecule is CNCc1cc(-c2ccc(C#N)cc2)n(S(=O)(=O)c2ccc(C)cc2)c1.Cl. The number of hydrogen-bond acceptors (Lipinski definition) is 4. The molecule has 0 aliphatic rings. The molecule has 2 aromatic carbocycles. The van der Waals surface area contributed by atoms with Crippen LogP contribution in [-0.2, 0) is 16.6 Å². The molecule has 0 saturated heterocycles. The lowest BCUT2D eigenvalue weighted by Gasteiger charge is -2.11. The smallest absolute Gasteiger partial charge is 0.268 e. The van der Waals surface area contributed by atoms with Crippen LogP contribution in [0.2, 0.25) is 0 Å². The van der Waals surface area contributed by atoms with Gasteiger partial charge in [0.15, 0.2) is 0 Å². The molecule has 0 saturated carbocycles. The molecule has 5 nitrogen and oxygen atoms in total. The maximum absolute atomic E-state index is 13.2. The third kappa shape index (κ3) is 4.22. The molecule has 0 spiro atoms. The second kappa shape index (κ2) is 8.40. The second-order valence-corrected chi connectivity index (χ2v) is 7.88. The number of nitrogens with one attached hydrogen (secondary N) is 1. The van der Waals surface area contributed by atoms with Crippen LogP contribution in [-0.4, -0.2) is 19.4 Å². The van der Waals surface area contributed by atoms with E-state index in [0.29, 0.717) is 17.8 Å². The highest BCUT2D eigenvalue weighted by Crippen LogP contribution is 2.27. The van der Waals surface area contributed by atoms with Crippen molar-refractivity contribution < 1.29 is 8.42 Å². The van der Waals surface area contributed by atoms with E-state index in [9.17, 15) is 8.42 Å². The molecule has 140 valence electrons. The van der Waals surface area contributed by atoms with Crippen molar-refractivity contribution in [1.29, 1.82) is 5.26 Å². The van der Waals surface area contributed by atoms with Crippen LogP contribution in [0.15, 0.2) is 65.7 Å². The molecular weight excluding hydrogens is 382 g/mol. The third-order valence-corrected chi connectivity index (χ3v) is 5.80. The number of aryl methyl sites for hydroxylation is 1. The molecule has 0 unspecified atom stereocenters. The van der Waals surface area contributed by atoms with E-state index in [1.165, 1.54) is 3.97 Å². The van der Waals surface area contributed by atoms with Crippen molar-refractivity contribution in [1.82, 2.24) is 9.29 Å². The van der Waals surface area contributed by atoms with Crippen LogP contribution in [0.3, 0.4) is 0 Å². The number of nitriles is 1. The topological polar surface area (TPSA) is 74.9 Å². The fraction of sp³-hybridized carbons (Fsp3) is 0.150. The predicted molar refractivity (Wildman–Crippen MR) is 108 cm³/mol. The van der Waals surface area contributed by atoms with Crippen molar-refractivity contribution in [3.8, 4) is 17.3 Å². The average molecular weight is 402 g/mol. The second-order valence-electron chi connectivity index (χ2n) is 6.07. The number of rotatable bonds is 5. The Kier molecular flexibility index (Phi) is 6.45. The van der Waals surface area contributed by atoms with Gasteiger partial charge in [-0.3, -0.25) is 0 Å². The molecule has 27 heavy (non-hydrogen) atoms. The third-order valence-electron chi connectivity index (χ3n) is 4.11. The van der Waals surface area contributed by atoms with E-state index in [4.69, 9.17) is 5.26 Å². The predicted octanol–water partition coefficient (Wildman–Crippen LogP) is 3.71. The molecule has 1 N–H and O–H groups in total. The van der Waals surface area contributed by atoms with Crippen LogP contribution >= 0.6 is 12.4 Å². The Morgan fingerprint density at radius 3 is 2.26 bits per heavy atom. The van der Waals surface area contributed by atoms with Gasteiger partial charge >= 0.3 is 0 Å². The lowest BCUT2D eigenvalue weighted by atomic mass is 10.1. The number of nitrogens with zero attached hydrogens (tertiary/aromatic N) is 2. The molecule has 3 rings (SSSR count). The Labute approximate surface area is 165 Å². The zero-order valence-electron chi connectivity index (χ0n) is 15.0. The fourth-order valence-corrected chi connectivity index (χ4v) is 4.14. The summed E-state index contributed by atoms with van der Waals surface area (Å²) in [5.41, 5.74) is 3.70. The van der Waals surface area contributed by atoms with Gasteiger partial charge in [-0.05, 0) is 55.4 Å². The molecule has 1 heterocycles. The van der Waals surface area contributed by atoms with E-state index in [2.05, 4.69) is 11.4 Å². The maximum atomic E-state index is 13.2. The number of halogens is 1. The Morgan fingerprint density at radius 1 is 1.07 bits per heavy atom. The molecule has 3 aromatic rings. The Morgan fingerprint density at radius 2 is 1.70 bits per heavy atom. The van der Waals surface area contributed by atoms with E-state index >= 15 is 0 Å². The summed E-state index contributed by atoms with van der Waals surface area (Å²) in [6, 6.07) is 17.6. The van der Waals surface area contributed by atoms with Crippen molar-refractivity contribution in [2.75, 3.05) is 7.05 Å². The van der Waals surface area contributed by atoms with Crippen LogP contribution in [0.1, 0.15) is 16.7 Å². The molecule has 0 radical (unpaired) electrons. The van der Waals surface area contributed by atoms with Gasteiger partial charge in [0, 0.05) is 12.7 Å². The summed E-state index contributed by atoms with van der Waals surface area (Å²) in [5, 5.41) is 12.0. The molecule has 7 heteroatoms. The van der Waals surface area contributed by atoms with Crippen LogP contribution in [0.4, 0.5) is 0 Å². The van der Waals surface area contributed by atoms with Crippen LogP contribution in [0.5, 0.6) is 0 Å². The van der Waals surface area contributed by atoms with E-state index in [1.807, 2.05) is 20.0 Å². The molecular formula is C20H20ClN3O2S. The largest absolute Gasteiger partial charge is 0.316 e. The lowest BCUT2D eigenvalue weighted by molar-refractivity contribution is 0.588. The Hall–Kier alpha value is -2.59. The first-order valence-electron chi connectivity index (χ1n) is 8.14. The van der Waals surface area contributed by atoms with Gasteiger partial charge < -0.3 is 5.32 Å². The van der Waals surface area contributed by atoms with Crippen molar-refractivity contribution in [2.24, 2.45) is 0 Å². The minimum absolute atomic E-state index is 0. The fourth-order valence-electron chi connectivity index (χ4n) is 2.75. The first-order chi connectivity index (χ1) is 12.5. The standard InChI is InChI=1S/C20H19N3O2S.ClH/c1-15-3-9-19(10-4-15)26(24,25)23-14-17(13-22-2)11-20(23)18-7-5-16(12-21)6-8-18;/h3-11,14,22H,13H2,1-2H3;1H. The van der Waals surface area contributed by atoms with Gasteiger partial charge in [0.1, 0.15) is 0 Å². The van der Waals surface area contributed by atoms with Crippen LogP contribution in [0.25, 0.3) is 11.3 Å². The molecule has 0 aliphatic carbocycles. The first-order valence-corrected chi connectivity index (χ1v) is 9.58. The normalized spacial score (nSPS) is 10.9. The monoisotopic (exact) mass is 401 g/mol. The highest BCUT2D eigenvalue weighted by atomic mass is 35.5. The molecule has 0 amide bonds. The molecule has 0 fully saturated rings. The van der Waals surface area contributed by atoms with Crippen molar-refractivity contribution in [3.05, 3.63) is 77.5 Å². The summed E-state index contributed by atoms with van der Waals surface area (Å²) in [5.74, 6) is 0. The van der Waals surface area contributed by atoms with Gasteiger partial charge in [-0.2, -0.15) is 5.26 Å². The maximum Gasteiger partial charge on any atom is 0.268 e. The summed E-state index contributed by atoms with van der Waals surface area (Å²) in [4.78, 5) is 0.240. The van der Waals surface area contributed by atoms with Gasteiger partial charge in [0.05, 0.1) is 22.2 Å². The van der Waals surface area contributed by atoms with E-state index in [-0.39, 0.29) is 17.3 Å². The van der Waals surface area contributed by atoms with E-state index in [1.54, 1.807) is 54.7 Å².